The average molecular weight is 325 g/mol. The first-order valence-corrected chi connectivity index (χ1v) is 7.27. The van der Waals surface area contributed by atoms with Gasteiger partial charge in [-0.05, 0) is 25.0 Å². The van der Waals surface area contributed by atoms with Crippen molar-refractivity contribution in [3.05, 3.63) is 53.3 Å². The first-order valence-electron chi connectivity index (χ1n) is 7.27. The zero-order valence-electron chi connectivity index (χ0n) is 12.9. The number of aromatic nitrogens is 2. The Balaban J connectivity index is 2.11. The molecule has 23 heavy (non-hydrogen) atoms. The molecular formula is C16H18F3N3O. The van der Waals surface area contributed by atoms with Crippen LogP contribution in [0.4, 0.5) is 13.2 Å². The molecule has 1 N–H and O–H groups in total. The summed E-state index contributed by atoms with van der Waals surface area (Å²) >= 11 is 0. The molecule has 1 aromatic carbocycles. The zero-order valence-corrected chi connectivity index (χ0v) is 12.9. The van der Waals surface area contributed by atoms with Crippen molar-refractivity contribution in [3.63, 3.8) is 0 Å². The third-order valence-electron chi connectivity index (χ3n) is 3.43. The molecular weight excluding hydrogens is 307 g/mol. The number of nitrogens with zero attached hydrogens (tertiary/aromatic N) is 2. The maximum absolute atomic E-state index is 12.9. The van der Waals surface area contributed by atoms with Crippen LogP contribution in [-0.4, -0.2) is 15.7 Å². The highest BCUT2D eigenvalue weighted by molar-refractivity contribution is 5.76. The van der Waals surface area contributed by atoms with E-state index < -0.39 is 24.3 Å². The molecule has 1 unspecified atom stereocenters. The average Bonchev–Trinajstić information content (AvgIpc) is 2.86. The van der Waals surface area contributed by atoms with Gasteiger partial charge in [-0.25, -0.2) is 0 Å². The predicted octanol–water partition coefficient (Wildman–Crippen LogP) is 3.48. The maximum Gasteiger partial charge on any atom is 0.433 e. The van der Waals surface area contributed by atoms with Crippen molar-refractivity contribution < 1.29 is 18.0 Å². The summed E-state index contributed by atoms with van der Waals surface area (Å²) in [7, 11) is 0. The van der Waals surface area contributed by atoms with Crippen molar-refractivity contribution >= 4 is 5.91 Å². The van der Waals surface area contributed by atoms with Gasteiger partial charge >= 0.3 is 6.18 Å². The van der Waals surface area contributed by atoms with E-state index in [-0.39, 0.29) is 11.7 Å². The molecule has 1 aromatic heterocycles. The van der Waals surface area contributed by atoms with Crippen LogP contribution in [0.2, 0.25) is 0 Å². The Morgan fingerprint density at radius 2 is 1.96 bits per heavy atom. The lowest BCUT2D eigenvalue weighted by atomic mass is 10.0. The van der Waals surface area contributed by atoms with Crippen molar-refractivity contribution in [1.29, 1.82) is 0 Å². The second-order valence-electron chi connectivity index (χ2n) is 5.27. The predicted molar refractivity (Wildman–Crippen MR) is 79.6 cm³/mol. The van der Waals surface area contributed by atoms with Gasteiger partial charge in [0, 0.05) is 0 Å². The molecule has 1 atom stereocenters. The molecule has 1 amide bonds. The highest BCUT2D eigenvalue weighted by Gasteiger charge is 2.35. The fourth-order valence-corrected chi connectivity index (χ4v) is 2.38. The van der Waals surface area contributed by atoms with Gasteiger partial charge < -0.3 is 5.32 Å². The van der Waals surface area contributed by atoms with E-state index in [0.29, 0.717) is 11.1 Å². The number of hydrogen-bond donors (Lipinski definition) is 1. The van der Waals surface area contributed by atoms with E-state index in [9.17, 15) is 18.0 Å². The lowest BCUT2D eigenvalue weighted by molar-refractivity contribution is -0.144. The third-order valence-corrected chi connectivity index (χ3v) is 3.43. The topological polar surface area (TPSA) is 46.9 Å². The normalized spacial score (nSPS) is 12.9. The van der Waals surface area contributed by atoms with Crippen molar-refractivity contribution in [1.82, 2.24) is 15.1 Å². The van der Waals surface area contributed by atoms with Crippen molar-refractivity contribution in [2.45, 2.75) is 39.0 Å². The molecule has 0 saturated carbocycles. The molecule has 124 valence electrons. The summed E-state index contributed by atoms with van der Waals surface area (Å²) in [6.45, 7) is 2.89. The minimum atomic E-state index is -4.54. The van der Waals surface area contributed by atoms with Crippen molar-refractivity contribution in [2.24, 2.45) is 0 Å². The molecule has 0 aliphatic heterocycles. The van der Waals surface area contributed by atoms with Gasteiger partial charge in [0.2, 0.25) is 5.91 Å². The standard InChI is InChI=1S/C16H18F3N3O/c1-3-13(12-7-5-4-6-8-12)20-15(23)10-22-14(16(17,18)19)9-11(2)21-22/h4-9,13H,3,10H2,1-2H3,(H,20,23). The number of amides is 1. The summed E-state index contributed by atoms with van der Waals surface area (Å²) in [5.41, 5.74) is 0.217. The highest BCUT2D eigenvalue weighted by Crippen LogP contribution is 2.29. The van der Waals surface area contributed by atoms with E-state index in [2.05, 4.69) is 10.4 Å². The summed E-state index contributed by atoms with van der Waals surface area (Å²) in [6.07, 6.45) is -3.90. The smallest absolute Gasteiger partial charge is 0.348 e. The molecule has 0 fully saturated rings. The van der Waals surface area contributed by atoms with Crippen molar-refractivity contribution in [3.8, 4) is 0 Å². The molecule has 0 bridgehead atoms. The highest BCUT2D eigenvalue weighted by atomic mass is 19.4. The minimum Gasteiger partial charge on any atom is -0.348 e. The Morgan fingerprint density at radius 1 is 1.30 bits per heavy atom. The van der Waals surface area contributed by atoms with Gasteiger partial charge in [-0.3, -0.25) is 9.48 Å². The SMILES string of the molecule is CCC(NC(=O)Cn1nc(C)cc1C(F)(F)F)c1ccccc1. The van der Waals surface area contributed by atoms with Gasteiger partial charge in [0.1, 0.15) is 12.2 Å². The zero-order chi connectivity index (χ0) is 17.0. The maximum atomic E-state index is 12.9. The van der Waals surface area contributed by atoms with Crippen LogP contribution in [0.1, 0.15) is 36.3 Å². The third kappa shape index (κ3) is 4.34. The van der Waals surface area contributed by atoms with Gasteiger partial charge in [-0.15, -0.1) is 0 Å². The number of hydrogen-bond acceptors (Lipinski definition) is 2. The lowest BCUT2D eigenvalue weighted by Crippen LogP contribution is -2.32. The van der Waals surface area contributed by atoms with Crippen LogP contribution in [0.3, 0.4) is 0 Å². The Morgan fingerprint density at radius 3 is 2.52 bits per heavy atom. The fraction of sp³-hybridized carbons (Fsp3) is 0.375. The molecule has 0 aliphatic rings. The number of alkyl halides is 3. The van der Waals surface area contributed by atoms with Crippen LogP contribution >= 0.6 is 0 Å². The number of halogens is 3. The fourth-order valence-electron chi connectivity index (χ4n) is 2.38. The molecule has 0 spiro atoms. The van der Waals surface area contributed by atoms with E-state index in [0.717, 1.165) is 11.6 Å². The summed E-state index contributed by atoms with van der Waals surface area (Å²) in [5.74, 6) is -0.505. The number of carbonyl (C=O) groups is 1. The van der Waals surface area contributed by atoms with Gasteiger partial charge in [0.25, 0.3) is 0 Å². The van der Waals surface area contributed by atoms with Gasteiger partial charge in [0.15, 0.2) is 0 Å². The number of rotatable bonds is 5. The Hall–Kier alpha value is -2.31. The second kappa shape index (κ2) is 6.85. The van der Waals surface area contributed by atoms with Gasteiger partial charge in [0.05, 0.1) is 11.7 Å². The molecule has 7 heteroatoms. The van der Waals surface area contributed by atoms with Crippen LogP contribution < -0.4 is 5.32 Å². The summed E-state index contributed by atoms with van der Waals surface area (Å²) in [6, 6.07) is 9.99. The quantitative estimate of drug-likeness (QED) is 0.915. The first kappa shape index (κ1) is 17.1. The van der Waals surface area contributed by atoms with Crippen LogP contribution in [-0.2, 0) is 17.5 Å². The second-order valence-corrected chi connectivity index (χ2v) is 5.27. The van der Waals surface area contributed by atoms with Crippen molar-refractivity contribution in [2.75, 3.05) is 0 Å². The van der Waals surface area contributed by atoms with E-state index in [1.807, 2.05) is 37.3 Å². The Kier molecular flexibility index (Phi) is 5.08. The molecule has 0 aliphatic carbocycles. The van der Waals surface area contributed by atoms with Crippen LogP contribution in [0.25, 0.3) is 0 Å². The van der Waals surface area contributed by atoms with Gasteiger partial charge in [-0.1, -0.05) is 37.3 Å². The molecule has 0 saturated heterocycles. The van der Waals surface area contributed by atoms with E-state index >= 15 is 0 Å². The minimum absolute atomic E-state index is 0.222. The van der Waals surface area contributed by atoms with Crippen LogP contribution in [0.5, 0.6) is 0 Å². The first-order chi connectivity index (χ1) is 10.8. The Labute approximate surface area is 132 Å². The number of carbonyl (C=O) groups excluding carboxylic acids is 1. The Bertz CT molecular complexity index is 665. The number of nitrogens with one attached hydrogen (secondary N) is 1. The lowest BCUT2D eigenvalue weighted by Gasteiger charge is -2.18. The van der Waals surface area contributed by atoms with Crippen LogP contribution in [0, 0.1) is 6.92 Å². The van der Waals surface area contributed by atoms with E-state index in [1.54, 1.807) is 0 Å². The monoisotopic (exact) mass is 325 g/mol. The number of benzene rings is 1. The molecule has 4 nitrogen and oxygen atoms in total. The molecule has 1 heterocycles. The summed E-state index contributed by atoms with van der Waals surface area (Å²) in [5, 5.41) is 6.51. The molecule has 2 rings (SSSR count). The summed E-state index contributed by atoms with van der Waals surface area (Å²) < 4.78 is 39.4. The number of aryl methyl sites for hydroxylation is 1. The molecule has 0 radical (unpaired) electrons. The van der Waals surface area contributed by atoms with Crippen LogP contribution in [0.15, 0.2) is 36.4 Å². The van der Waals surface area contributed by atoms with E-state index in [1.165, 1.54) is 6.92 Å². The van der Waals surface area contributed by atoms with E-state index in [4.69, 9.17) is 0 Å². The largest absolute Gasteiger partial charge is 0.433 e. The molecule has 2 aromatic rings. The van der Waals surface area contributed by atoms with Gasteiger partial charge in [-0.2, -0.15) is 18.3 Å². The summed E-state index contributed by atoms with van der Waals surface area (Å²) in [4.78, 5) is 12.1.